The molecule has 0 radical (unpaired) electrons. The third kappa shape index (κ3) is 3.60. The largest absolute Gasteiger partial charge is 0.342 e. The number of rotatable bonds is 5. The van der Waals surface area contributed by atoms with E-state index in [-0.39, 0.29) is 6.61 Å². The van der Waals surface area contributed by atoms with Gasteiger partial charge in [-0.3, -0.25) is 0 Å². The molecule has 2 unspecified atom stereocenters. The molecule has 0 aliphatic heterocycles. The number of hydrogen-bond donors (Lipinski definition) is 1. The minimum atomic E-state index is -2.18. The van der Waals surface area contributed by atoms with E-state index in [1.807, 2.05) is 42.5 Å². The van der Waals surface area contributed by atoms with Gasteiger partial charge in [-0.2, -0.15) is 0 Å². The van der Waals surface area contributed by atoms with E-state index in [0.717, 1.165) is 16.3 Å². The normalized spacial score (nSPS) is 14.6. The average molecular weight is 268 g/mol. The second-order valence-corrected chi connectivity index (χ2v) is 4.87. The van der Waals surface area contributed by atoms with Crippen molar-refractivity contribution in [1.29, 1.82) is 0 Å². The molecule has 0 amide bonds. The summed E-state index contributed by atoms with van der Waals surface area (Å²) in [7, 11) is 0. The van der Waals surface area contributed by atoms with Crippen molar-refractivity contribution in [2.45, 2.75) is 13.0 Å². The Morgan fingerprint density at radius 2 is 1.94 bits per heavy atom. The van der Waals surface area contributed by atoms with Crippen molar-refractivity contribution in [3.05, 3.63) is 48.0 Å². The highest BCUT2D eigenvalue weighted by molar-refractivity contribution is 7.79. The molecule has 0 saturated carbocycles. The summed E-state index contributed by atoms with van der Waals surface area (Å²) >= 11 is -2.18. The van der Waals surface area contributed by atoms with Crippen molar-refractivity contribution >= 4 is 21.9 Å². The molecule has 2 aromatic rings. The molecule has 0 saturated heterocycles. The third-order valence-electron chi connectivity index (χ3n) is 2.52. The molecule has 0 heterocycles. The van der Waals surface area contributed by atoms with E-state index < -0.39 is 23.2 Å². The van der Waals surface area contributed by atoms with Crippen LogP contribution < -0.4 is 0 Å². The van der Waals surface area contributed by atoms with Gasteiger partial charge in [0, 0.05) is 0 Å². The lowest BCUT2D eigenvalue weighted by Crippen LogP contribution is -2.15. The number of halogens is 1. The zero-order valence-electron chi connectivity index (χ0n) is 9.58. The van der Waals surface area contributed by atoms with Gasteiger partial charge in [0.2, 0.25) is 6.36 Å². The van der Waals surface area contributed by atoms with Crippen molar-refractivity contribution in [3.63, 3.8) is 0 Å². The van der Waals surface area contributed by atoms with Crippen LogP contribution in [0, 0.1) is 0 Å². The van der Waals surface area contributed by atoms with Gasteiger partial charge in [-0.1, -0.05) is 36.4 Å². The molecule has 2 atom stereocenters. The fourth-order valence-corrected chi connectivity index (χ4v) is 2.00. The quantitative estimate of drug-likeness (QED) is 0.848. The van der Waals surface area contributed by atoms with Crippen molar-refractivity contribution in [2.75, 3.05) is 5.75 Å². The summed E-state index contributed by atoms with van der Waals surface area (Å²) in [6, 6.07) is 13.5. The van der Waals surface area contributed by atoms with Crippen LogP contribution in [0.5, 0.6) is 0 Å². The van der Waals surface area contributed by atoms with Crippen LogP contribution in [-0.2, 0) is 22.4 Å². The van der Waals surface area contributed by atoms with Gasteiger partial charge in [0.25, 0.3) is 0 Å². The second-order valence-electron chi connectivity index (χ2n) is 3.89. The van der Waals surface area contributed by atoms with Gasteiger partial charge in [0.15, 0.2) is 11.1 Å². The van der Waals surface area contributed by atoms with Crippen LogP contribution in [0.2, 0.25) is 0 Å². The molecule has 0 fully saturated rings. The molecule has 2 rings (SSSR count). The van der Waals surface area contributed by atoms with Crippen LogP contribution in [0.15, 0.2) is 42.5 Å². The first kappa shape index (κ1) is 13.1. The molecule has 18 heavy (non-hydrogen) atoms. The molecule has 0 aliphatic rings. The zero-order chi connectivity index (χ0) is 13.0. The van der Waals surface area contributed by atoms with E-state index >= 15 is 0 Å². The van der Waals surface area contributed by atoms with E-state index in [9.17, 15) is 8.60 Å². The fraction of sp³-hybridized carbons (Fsp3) is 0.231. The predicted octanol–water partition coefficient (Wildman–Crippen LogP) is 2.87. The number of fused-ring (bicyclic) bond motifs is 1. The fourth-order valence-electron chi connectivity index (χ4n) is 1.68. The Hall–Kier alpha value is -1.30. The second kappa shape index (κ2) is 6.04. The Morgan fingerprint density at radius 3 is 2.67 bits per heavy atom. The molecule has 0 spiro atoms. The molecular formula is C13H13FO3S. The maximum absolute atomic E-state index is 13.1. The lowest BCUT2D eigenvalue weighted by molar-refractivity contribution is -0.0325. The van der Waals surface area contributed by atoms with Crippen LogP contribution >= 0.6 is 0 Å². The van der Waals surface area contributed by atoms with E-state index in [1.165, 1.54) is 0 Å². The Labute approximate surface area is 107 Å². The molecule has 96 valence electrons. The lowest BCUT2D eigenvalue weighted by atomic mass is 10.1. The number of ether oxygens (including phenoxy) is 1. The van der Waals surface area contributed by atoms with Crippen LogP contribution in [0.3, 0.4) is 0 Å². The number of hydrogen-bond acceptors (Lipinski definition) is 2. The van der Waals surface area contributed by atoms with Crippen LogP contribution in [0.1, 0.15) is 5.56 Å². The predicted molar refractivity (Wildman–Crippen MR) is 69.3 cm³/mol. The summed E-state index contributed by atoms with van der Waals surface area (Å²) in [6.45, 7) is 0.0865. The summed E-state index contributed by atoms with van der Waals surface area (Å²) in [4.78, 5) is 0. The van der Waals surface area contributed by atoms with Gasteiger partial charge in [0.05, 0.1) is 6.61 Å². The summed E-state index contributed by atoms with van der Waals surface area (Å²) in [5, 5.41) is 2.16. The van der Waals surface area contributed by atoms with Gasteiger partial charge < -0.3 is 9.29 Å². The SMILES string of the molecule is O=S(O)CC(F)OCc1ccc2ccccc2c1. The van der Waals surface area contributed by atoms with E-state index in [0.29, 0.717) is 0 Å². The van der Waals surface area contributed by atoms with Gasteiger partial charge in [-0.05, 0) is 22.4 Å². The molecule has 1 N–H and O–H groups in total. The van der Waals surface area contributed by atoms with Gasteiger partial charge >= 0.3 is 0 Å². The average Bonchev–Trinajstić information content (AvgIpc) is 2.35. The van der Waals surface area contributed by atoms with Crippen molar-refractivity contribution in [2.24, 2.45) is 0 Å². The Balaban J connectivity index is 2.01. The molecule has 2 aromatic carbocycles. The highest BCUT2D eigenvalue weighted by atomic mass is 32.2. The summed E-state index contributed by atoms with van der Waals surface area (Å²) in [6.07, 6.45) is -1.72. The Kier molecular flexibility index (Phi) is 4.41. The highest BCUT2D eigenvalue weighted by Gasteiger charge is 2.10. The van der Waals surface area contributed by atoms with Gasteiger partial charge in [-0.15, -0.1) is 0 Å². The van der Waals surface area contributed by atoms with E-state index in [4.69, 9.17) is 9.29 Å². The highest BCUT2D eigenvalue weighted by Crippen LogP contribution is 2.16. The van der Waals surface area contributed by atoms with Gasteiger partial charge in [0.1, 0.15) is 5.75 Å². The molecule has 3 nitrogen and oxygen atoms in total. The maximum Gasteiger partial charge on any atom is 0.213 e. The first-order valence-corrected chi connectivity index (χ1v) is 6.73. The summed E-state index contributed by atoms with van der Waals surface area (Å²) in [5.41, 5.74) is 0.833. The summed E-state index contributed by atoms with van der Waals surface area (Å²) < 4.78 is 36.8. The summed E-state index contributed by atoms with van der Waals surface area (Å²) in [5.74, 6) is -0.520. The van der Waals surface area contributed by atoms with Crippen LogP contribution in [-0.4, -0.2) is 20.9 Å². The minimum absolute atomic E-state index is 0.0865. The lowest BCUT2D eigenvalue weighted by Gasteiger charge is -2.08. The maximum atomic E-state index is 13.1. The van der Waals surface area contributed by atoms with Crippen molar-refractivity contribution in [1.82, 2.24) is 0 Å². The minimum Gasteiger partial charge on any atom is -0.342 e. The first-order valence-electron chi connectivity index (χ1n) is 5.46. The van der Waals surface area contributed by atoms with E-state index in [2.05, 4.69) is 0 Å². The van der Waals surface area contributed by atoms with E-state index in [1.54, 1.807) is 0 Å². The molecule has 0 aliphatic carbocycles. The zero-order valence-corrected chi connectivity index (χ0v) is 10.4. The molecule has 0 aromatic heterocycles. The van der Waals surface area contributed by atoms with Crippen molar-refractivity contribution < 1.29 is 17.9 Å². The van der Waals surface area contributed by atoms with Crippen LogP contribution in [0.25, 0.3) is 10.8 Å². The third-order valence-corrected chi connectivity index (χ3v) is 3.07. The van der Waals surface area contributed by atoms with Crippen molar-refractivity contribution in [3.8, 4) is 0 Å². The number of alkyl halides is 1. The molecular weight excluding hydrogens is 255 g/mol. The number of benzene rings is 2. The monoisotopic (exact) mass is 268 g/mol. The van der Waals surface area contributed by atoms with Crippen LogP contribution in [0.4, 0.5) is 4.39 Å². The first-order chi connectivity index (χ1) is 8.65. The Bertz CT molecular complexity index is 559. The standard InChI is InChI=1S/C13H13FO3S/c14-13(9-18(15)16)17-8-10-5-6-11-3-1-2-4-12(11)7-10/h1-7,13H,8-9H2,(H,15,16). The molecule has 0 bridgehead atoms. The smallest absolute Gasteiger partial charge is 0.213 e. The molecule has 5 heteroatoms. The van der Waals surface area contributed by atoms with Gasteiger partial charge in [-0.25, -0.2) is 8.60 Å². The Morgan fingerprint density at radius 1 is 1.22 bits per heavy atom. The topological polar surface area (TPSA) is 46.5 Å².